The Labute approximate surface area is 143 Å². The van der Waals surface area contributed by atoms with Crippen LogP contribution < -0.4 is 0 Å². The standard InChI is InChI=1S/C22H22O2/c1-4-16-6-5-7-19(17-8-10-20(23)14(2)12-17)22(16)18-9-11-21(24)15(3)13-18/h5-13,23-24H,4H2,1-3H3. The number of rotatable bonds is 3. The van der Waals surface area contributed by atoms with Crippen molar-refractivity contribution in [2.24, 2.45) is 0 Å². The van der Waals surface area contributed by atoms with Crippen LogP contribution in [-0.2, 0) is 6.42 Å². The molecule has 3 aromatic carbocycles. The lowest BCUT2D eigenvalue weighted by atomic mass is 9.88. The van der Waals surface area contributed by atoms with Gasteiger partial charge in [-0.05, 0) is 83.5 Å². The molecule has 0 fully saturated rings. The summed E-state index contributed by atoms with van der Waals surface area (Å²) in [5, 5.41) is 19.7. The molecule has 0 unspecified atom stereocenters. The second-order valence-corrected chi connectivity index (χ2v) is 6.20. The van der Waals surface area contributed by atoms with Gasteiger partial charge in [0, 0.05) is 0 Å². The Bertz CT molecular complexity index is 894. The van der Waals surface area contributed by atoms with Crippen LogP contribution >= 0.6 is 0 Å². The fraction of sp³-hybridized carbons (Fsp3) is 0.182. The van der Waals surface area contributed by atoms with Gasteiger partial charge in [-0.1, -0.05) is 37.3 Å². The fourth-order valence-corrected chi connectivity index (χ4v) is 3.11. The largest absolute Gasteiger partial charge is 0.508 e. The molecule has 0 spiro atoms. The van der Waals surface area contributed by atoms with Crippen LogP contribution in [0.15, 0.2) is 54.6 Å². The molecule has 0 atom stereocenters. The molecule has 0 saturated carbocycles. The van der Waals surface area contributed by atoms with E-state index < -0.39 is 0 Å². The topological polar surface area (TPSA) is 40.5 Å². The van der Waals surface area contributed by atoms with Crippen molar-refractivity contribution in [3.8, 4) is 33.8 Å². The maximum Gasteiger partial charge on any atom is 0.118 e. The van der Waals surface area contributed by atoms with E-state index in [0.29, 0.717) is 11.5 Å². The van der Waals surface area contributed by atoms with Crippen LogP contribution in [0.1, 0.15) is 23.6 Å². The maximum absolute atomic E-state index is 9.84. The Morgan fingerprint density at radius 2 is 1.33 bits per heavy atom. The first-order chi connectivity index (χ1) is 11.5. The summed E-state index contributed by atoms with van der Waals surface area (Å²) in [7, 11) is 0. The molecular weight excluding hydrogens is 296 g/mol. The number of phenols is 2. The van der Waals surface area contributed by atoms with Crippen LogP contribution in [0.2, 0.25) is 0 Å². The molecule has 2 nitrogen and oxygen atoms in total. The third-order valence-electron chi connectivity index (χ3n) is 4.52. The molecule has 0 amide bonds. The van der Waals surface area contributed by atoms with E-state index in [1.165, 1.54) is 11.1 Å². The minimum absolute atomic E-state index is 0.312. The minimum Gasteiger partial charge on any atom is -0.508 e. The van der Waals surface area contributed by atoms with Crippen molar-refractivity contribution < 1.29 is 10.2 Å². The number of hydrogen-bond donors (Lipinski definition) is 2. The molecule has 2 N–H and O–H groups in total. The van der Waals surface area contributed by atoms with E-state index in [0.717, 1.165) is 34.2 Å². The van der Waals surface area contributed by atoms with Gasteiger partial charge in [0.15, 0.2) is 0 Å². The molecule has 0 radical (unpaired) electrons. The number of aryl methyl sites for hydroxylation is 3. The second kappa shape index (κ2) is 6.40. The Morgan fingerprint density at radius 3 is 1.92 bits per heavy atom. The van der Waals surface area contributed by atoms with E-state index in [4.69, 9.17) is 0 Å². The Morgan fingerprint density at radius 1 is 0.750 bits per heavy atom. The van der Waals surface area contributed by atoms with Crippen LogP contribution in [0.4, 0.5) is 0 Å². The SMILES string of the molecule is CCc1cccc(-c2ccc(O)c(C)c2)c1-c1ccc(O)c(C)c1. The van der Waals surface area contributed by atoms with Crippen molar-refractivity contribution in [2.75, 3.05) is 0 Å². The Balaban J connectivity index is 2.27. The van der Waals surface area contributed by atoms with E-state index in [-0.39, 0.29) is 0 Å². The van der Waals surface area contributed by atoms with Crippen molar-refractivity contribution in [1.29, 1.82) is 0 Å². The van der Waals surface area contributed by atoms with E-state index in [9.17, 15) is 10.2 Å². The zero-order chi connectivity index (χ0) is 17.3. The van der Waals surface area contributed by atoms with E-state index in [2.05, 4.69) is 25.1 Å². The predicted molar refractivity (Wildman–Crippen MR) is 99.5 cm³/mol. The van der Waals surface area contributed by atoms with Crippen LogP contribution in [0.5, 0.6) is 11.5 Å². The zero-order valence-corrected chi connectivity index (χ0v) is 14.3. The average Bonchev–Trinajstić information content (AvgIpc) is 2.59. The summed E-state index contributed by atoms with van der Waals surface area (Å²) in [5.74, 6) is 0.627. The highest BCUT2D eigenvalue weighted by molar-refractivity contribution is 5.86. The quantitative estimate of drug-likeness (QED) is 0.659. The van der Waals surface area contributed by atoms with Crippen LogP contribution in [-0.4, -0.2) is 10.2 Å². The number of aromatic hydroxyl groups is 2. The van der Waals surface area contributed by atoms with Crippen LogP contribution in [0.3, 0.4) is 0 Å². The second-order valence-electron chi connectivity index (χ2n) is 6.20. The average molecular weight is 318 g/mol. The lowest BCUT2D eigenvalue weighted by Gasteiger charge is -2.16. The van der Waals surface area contributed by atoms with Crippen molar-refractivity contribution in [3.05, 3.63) is 71.3 Å². The first kappa shape index (κ1) is 16.1. The molecule has 0 aromatic heterocycles. The Kier molecular flexibility index (Phi) is 4.30. The fourth-order valence-electron chi connectivity index (χ4n) is 3.11. The zero-order valence-electron chi connectivity index (χ0n) is 14.3. The lowest BCUT2D eigenvalue weighted by Crippen LogP contribution is -1.93. The molecule has 122 valence electrons. The molecule has 0 aliphatic heterocycles. The molecule has 0 aliphatic rings. The summed E-state index contributed by atoms with van der Waals surface area (Å²) < 4.78 is 0. The highest BCUT2D eigenvalue weighted by Crippen LogP contribution is 2.38. The monoisotopic (exact) mass is 318 g/mol. The van der Waals surface area contributed by atoms with E-state index in [1.807, 2.05) is 38.1 Å². The molecule has 3 rings (SSSR count). The summed E-state index contributed by atoms with van der Waals surface area (Å²) in [5.41, 5.74) is 7.51. The summed E-state index contributed by atoms with van der Waals surface area (Å²) in [4.78, 5) is 0. The van der Waals surface area contributed by atoms with Crippen LogP contribution in [0, 0.1) is 13.8 Å². The third-order valence-corrected chi connectivity index (χ3v) is 4.52. The van der Waals surface area contributed by atoms with Gasteiger partial charge in [-0.15, -0.1) is 0 Å². The molecule has 0 aliphatic carbocycles. The van der Waals surface area contributed by atoms with Gasteiger partial charge in [-0.25, -0.2) is 0 Å². The molecule has 0 bridgehead atoms. The molecular formula is C22H22O2. The van der Waals surface area contributed by atoms with Crippen molar-refractivity contribution in [1.82, 2.24) is 0 Å². The van der Waals surface area contributed by atoms with E-state index >= 15 is 0 Å². The summed E-state index contributed by atoms with van der Waals surface area (Å²) in [6.07, 6.45) is 0.931. The Hall–Kier alpha value is -2.74. The van der Waals surface area contributed by atoms with Gasteiger partial charge in [0.05, 0.1) is 0 Å². The smallest absolute Gasteiger partial charge is 0.118 e. The highest BCUT2D eigenvalue weighted by atomic mass is 16.3. The number of benzene rings is 3. The van der Waals surface area contributed by atoms with Crippen molar-refractivity contribution in [3.63, 3.8) is 0 Å². The van der Waals surface area contributed by atoms with Crippen molar-refractivity contribution >= 4 is 0 Å². The summed E-state index contributed by atoms with van der Waals surface area (Å²) in [6.45, 7) is 5.97. The van der Waals surface area contributed by atoms with Gasteiger partial charge in [-0.3, -0.25) is 0 Å². The van der Waals surface area contributed by atoms with Gasteiger partial charge in [0.25, 0.3) is 0 Å². The van der Waals surface area contributed by atoms with Gasteiger partial charge in [0.1, 0.15) is 11.5 Å². The number of hydrogen-bond acceptors (Lipinski definition) is 2. The molecule has 24 heavy (non-hydrogen) atoms. The first-order valence-corrected chi connectivity index (χ1v) is 8.23. The van der Waals surface area contributed by atoms with Gasteiger partial charge in [0.2, 0.25) is 0 Å². The molecule has 3 aromatic rings. The molecule has 0 saturated heterocycles. The van der Waals surface area contributed by atoms with Gasteiger partial charge >= 0.3 is 0 Å². The highest BCUT2D eigenvalue weighted by Gasteiger charge is 2.13. The number of phenolic OH excluding ortho intramolecular Hbond substituents is 2. The lowest BCUT2D eigenvalue weighted by molar-refractivity contribution is 0.470. The van der Waals surface area contributed by atoms with E-state index in [1.54, 1.807) is 12.1 Å². The van der Waals surface area contributed by atoms with Gasteiger partial charge < -0.3 is 10.2 Å². The predicted octanol–water partition coefficient (Wildman–Crippen LogP) is 5.61. The normalized spacial score (nSPS) is 10.8. The molecule has 2 heteroatoms. The minimum atomic E-state index is 0.312. The summed E-state index contributed by atoms with van der Waals surface area (Å²) >= 11 is 0. The van der Waals surface area contributed by atoms with Crippen molar-refractivity contribution in [2.45, 2.75) is 27.2 Å². The molecule has 0 heterocycles. The summed E-state index contributed by atoms with van der Waals surface area (Å²) in [6, 6.07) is 17.8. The third kappa shape index (κ3) is 2.88. The maximum atomic E-state index is 9.84. The van der Waals surface area contributed by atoms with Gasteiger partial charge in [-0.2, -0.15) is 0 Å². The first-order valence-electron chi connectivity index (χ1n) is 8.23. The van der Waals surface area contributed by atoms with Crippen LogP contribution in [0.25, 0.3) is 22.3 Å².